The number of rotatable bonds is 8. The van der Waals surface area contributed by atoms with Gasteiger partial charge in [0.1, 0.15) is 0 Å². The van der Waals surface area contributed by atoms with Crippen LogP contribution in [0.1, 0.15) is 52.4 Å². The van der Waals surface area contributed by atoms with Gasteiger partial charge in [0.25, 0.3) is 0 Å². The number of carbonyl (C=O) groups excluding carboxylic acids is 1. The molecule has 0 radical (unpaired) electrons. The Balaban J connectivity index is 2.03. The molecule has 1 aliphatic rings. The molecule has 0 aromatic heterocycles. The number of hydrogen-bond donors (Lipinski definition) is 3. The van der Waals surface area contributed by atoms with Crippen molar-refractivity contribution >= 4 is 12.0 Å². The lowest BCUT2D eigenvalue weighted by Crippen LogP contribution is -2.43. The SMILES string of the molecule is CC(CCCC(C)C(=O)O)NC(=O)NCC1CCC1. The van der Waals surface area contributed by atoms with Crippen LogP contribution in [0.15, 0.2) is 0 Å². The van der Waals surface area contributed by atoms with E-state index in [2.05, 4.69) is 10.6 Å². The second-order valence-corrected chi connectivity index (χ2v) is 5.72. The van der Waals surface area contributed by atoms with E-state index in [1.54, 1.807) is 6.92 Å². The predicted octanol–water partition coefficient (Wildman–Crippen LogP) is 2.37. The Bertz CT molecular complexity index is 303. The van der Waals surface area contributed by atoms with Crippen molar-refractivity contribution in [2.45, 2.75) is 58.4 Å². The summed E-state index contributed by atoms with van der Waals surface area (Å²) in [5, 5.41) is 14.5. The van der Waals surface area contributed by atoms with Crippen LogP contribution in [0.3, 0.4) is 0 Å². The second kappa shape index (κ2) is 8.02. The van der Waals surface area contributed by atoms with E-state index in [0.717, 1.165) is 19.4 Å². The van der Waals surface area contributed by atoms with E-state index in [-0.39, 0.29) is 18.0 Å². The Morgan fingerprint density at radius 2 is 1.95 bits per heavy atom. The maximum absolute atomic E-state index is 11.6. The summed E-state index contributed by atoms with van der Waals surface area (Å²) >= 11 is 0. The molecule has 0 aliphatic heterocycles. The largest absolute Gasteiger partial charge is 0.481 e. The van der Waals surface area contributed by atoms with E-state index in [4.69, 9.17) is 5.11 Å². The zero-order chi connectivity index (χ0) is 14.3. The van der Waals surface area contributed by atoms with E-state index in [0.29, 0.717) is 12.3 Å². The highest BCUT2D eigenvalue weighted by Crippen LogP contribution is 2.25. The fourth-order valence-electron chi connectivity index (χ4n) is 2.13. The third-order valence-electron chi connectivity index (χ3n) is 3.85. The maximum atomic E-state index is 11.6. The van der Waals surface area contributed by atoms with Crippen molar-refractivity contribution in [1.29, 1.82) is 0 Å². The molecule has 2 amide bonds. The molecule has 1 rings (SSSR count). The monoisotopic (exact) mass is 270 g/mol. The first-order valence-corrected chi connectivity index (χ1v) is 7.26. The normalized spacial score (nSPS) is 18.2. The smallest absolute Gasteiger partial charge is 0.315 e. The van der Waals surface area contributed by atoms with E-state index in [1.807, 2.05) is 6.92 Å². The standard InChI is InChI=1S/C14H26N2O3/c1-10(13(17)18)5-3-6-11(2)16-14(19)15-9-12-7-4-8-12/h10-12H,3-9H2,1-2H3,(H,17,18)(H2,15,16,19). The topological polar surface area (TPSA) is 78.4 Å². The first-order chi connectivity index (χ1) is 8.99. The summed E-state index contributed by atoms with van der Waals surface area (Å²) in [7, 11) is 0. The quantitative estimate of drug-likeness (QED) is 0.633. The van der Waals surface area contributed by atoms with Crippen molar-refractivity contribution < 1.29 is 14.7 Å². The molecule has 3 N–H and O–H groups in total. The average Bonchev–Trinajstić information content (AvgIpc) is 2.26. The van der Waals surface area contributed by atoms with Crippen LogP contribution in [0, 0.1) is 11.8 Å². The molecule has 2 atom stereocenters. The van der Waals surface area contributed by atoms with Gasteiger partial charge in [-0.2, -0.15) is 0 Å². The molecule has 0 spiro atoms. The van der Waals surface area contributed by atoms with Gasteiger partial charge >= 0.3 is 12.0 Å². The molecule has 0 aromatic rings. The summed E-state index contributed by atoms with van der Waals surface area (Å²) in [6, 6.07) is -0.0203. The zero-order valence-electron chi connectivity index (χ0n) is 11.9. The number of carboxylic acids is 1. The van der Waals surface area contributed by atoms with Gasteiger partial charge in [-0.3, -0.25) is 4.79 Å². The lowest BCUT2D eigenvalue weighted by atomic mass is 9.85. The number of nitrogens with one attached hydrogen (secondary N) is 2. The van der Waals surface area contributed by atoms with E-state index >= 15 is 0 Å². The molecule has 0 heterocycles. The van der Waals surface area contributed by atoms with E-state index in [9.17, 15) is 9.59 Å². The Hall–Kier alpha value is -1.26. The molecule has 0 saturated heterocycles. The molecule has 19 heavy (non-hydrogen) atoms. The minimum Gasteiger partial charge on any atom is -0.481 e. The number of carboxylic acid groups (broad SMARTS) is 1. The summed E-state index contributed by atoms with van der Waals surface area (Å²) in [4.78, 5) is 22.2. The molecule has 5 nitrogen and oxygen atoms in total. The number of hydrogen-bond acceptors (Lipinski definition) is 2. The van der Waals surface area contributed by atoms with Crippen LogP contribution in [0.25, 0.3) is 0 Å². The van der Waals surface area contributed by atoms with Gasteiger partial charge in [0, 0.05) is 12.6 Å². The number of urea groups is 1. The van der Waals surface area contributed by atoms with Gasteiger partial charge in [-0.15, -0.1) is 0 Å². The summed E-state index contributed by atoms with van der Waals surface area (Å²) in [5.41, 5.74) is 0. The molecular formula is C14H26N2O3. The Labute approximate surface area is 115 Å². The molecule has 5 heteroatoms. The van der Waals surface area contributed by atoms with Gasteiger partial charge in [0.15, 0.2) is 0 Å². The number of carbonyl (C=O) groups is 2. The Morgan fingerprint density at radius 1 is 1.26 bits per heavy atom. The molecule has 1 saturated carbocycles. The minimum atomic E-state index is -0.751. The summed E-state index contributed by atoms with van der Waals surface area (Å²) in [6.07, 6.45) is 6.02. The second-order valence-electron chi connectivity index (χ2n) is 5.72. The molecule has 0 aromatic carbocycles. The summed E-state index contributed by atoms with van der Waals surface area (Å²) in [5.74, 6) is -0.393. The van der Waals surface area contributed by atoms with E-state index < -0.39 is 5.97 Å². The fourth-order valence-corrected chi connectivity index (χ4v) is 2.13. The van der Waals surface area contributed by atoms with Crippen LogP contribution in [0.5, 0.6) is 0 Å². The van der Waals surface area contributed by atoms with Crippen molar-refractivity contribution in [3.05, 3.63) is 0 Å². The third kappa shape index (κ3) is 6.45. The van der Waals surface area contributed by atoms with Crippen LogP contribution in [-0.2, 0) is 4.79 Å². The van der Waals surface area contributed by atoms with Gasteiger partial charge in [0.2, 0.25) is 0 Å². The van der Waals surface area contributed by atoms with Crippen molar-refractivity contribution in [2.24, 2.45) is 11.8 Å². The molecular weight excluding hydrogens is 244 g/mol. The van der Waals surface area contributed by atoms with Crippen LogP contribution in [0.4, 0.5) is 4.79 Å². The van der Waals surface area contributed by atoms with E-state index in [1.165, 1.54) is 19.3 Å². The molecule has 2 unspecified atom stereocenters. The van der Waals surface area contributed by atoms with Crippen LogP contribution < -0.4 is 10.6 Å². The third-order valence-corrected chi connectivity index (χ3v) is 3.85. The molecule has 0 bridgehead atoms. The molecule has 1 fully saturated rings. The predicted molar refractivity (Wildman–Crippen MR) is 74.0 cm³/mol. The van der Waals surface area contributed by atoms with Crippen LogP contribution in [-0.4, -0.2) is 29.7 Å². The first kappa shape index (κ1) is 15.8. The van der Waals surface area contributed by atoms with Gasteiger partial charge < -0.3 is 15.7 Å². The van der Waals surface area contributed by atoms with Crippen molar-refractivity contribution in [2.75, 3.05) is 6.54 Å². The van der Waals surface area contributed by atoms with Gasteiger partial charge in [-0.1, -0.05) is 19.8 Å². The maximum Gasteiger partial charge on any atom is 0.315 e. The Morgan fingerprint density at radius 3 is 2.47 bits per heavy atom. The van der Waals surface area contributed by atoms with Crippen molar-refractivity contribution in [3.8, 4) is 0 Å². The van der Waals surface area contributed by atoms with Gasteiger partial charge in [-0.05, 0) is 38.5 Å². The lowest BCUT2D eigenvalue weighted by Gasteiger charge is -2.25. The first-order valence-electron chi connectivity index (χ1n) is 7.26. The minimum absolute atomic E-state index is 0.0855. The summed E-state index contributed by atoms with van der Waals surface area (Å²) < 4.78 is 0. The van der Waals surface area contributed by atoms with Gasteiger partial charge in [0.05, 0.1) is 5.92 Å². The summed E-state index contributed by atoms with van der Waals surface area (Å²) in [6.45, 7) is 4.44. The fraction of sp³-hybridized carbons (Fsp3) is 0.857. The number of amides is 2. The highest BCUT2D eigenvalue weighted by molar-refractivity contribution is 5.74. The van der Waals surface area contributed by atoms with Crippen molar-refractivity contribution in [1.82, 2.24) is 10.6 Å². The molecule has 1 aliphatic carbocycles. The lowest BCUT2D eigenvalue weighted by molar-refractivity contribution is -0.141. The van der Waals surface area contributed by atoms with Crippen LogP contribution in [0.2, 0.25) is 0 Å². The Kier molecular flexibility index (Phi) is 6.67. The highest BCUT2D eigenvalue weighted by Gasteiger charge is 2.18. The van der Waals surface area contributed by atoms with Gasteiger partial charge in [-0.25, -0.2) is 4.79 Å². The number of aliphatic carboxylic acids is 1. The zero-order valence-corrected chi connectivity index (χ0v) is 11.9. The molecule has 110 valence electrons. The van der Waals surface area contributed by atoms with Crippen LogP contribution >= 0.6 is 0 Å². The van der Waals surface area contributed by atoms with Crippen molar-refractivity contribution in [3.63, 3.8) is 0 Å². The highest BCUT2D eigenvalue weighted by atomic mass is 16.4. The average molecular weight is 270 g/mol.